The molecule has 1 N–H and O–H groups in total. The number of halogens is 2. The van der Waals surface area contributed by atoms with Gasteiger partial charge in [-0.15, -0.1) is 0 Å². The van der Waals surface area contributed by atoms with Crippen molar-refractivity contribution < 1.29 is 0 Å². The highest BCUT2D eigenvalue weighted by molar-refractivity contribution is 9.10. The summed E-state index contributed by atoms with van der Waals surface area (Å²) in [4.78, 5) is 3.33. The van der Waals surface area contributed by atoms with E-state index in [1.807, 2.05) is 13.0 Å². The van der Waals surface area contributed by atoms with Crippen LogP contribution in [0, 0.1) is 6.92 Å². The summed E-state index contributed by atoms with van der Waals surface area (Å²) in [5.41, 5.74) is 3.55. The number of H-pyrrole nitrogens is 1. The van der Waals surface area contributed by atoms with Crippen molar-refractivity contribution in [2.75, 3.05) is 0 Å². The molecule has 0 aliphatic rings. The first-order valence-electron chi connectivity index (χ1n) is 4.98. The van der Waals surface area contributed by atoms with Crippen molar-refractivity contribution in [2.45, 2.75) is 26.7 Å². The Morgan fingerprint density at radius 1 is 1.33 bits per heavy atom. The van der Waals surface area contributed by atoms with Gasteiger partial charge in [0.2, 0.25) is 0 Å². The van der Waals surface area contributed by atoms with Crippen LogP contribution in [-0.2, 0) is 0 Å². The highest BCUT2D eigenvalue weighted by Crippen LogP contribution is 2.34. The Labute approximate surface area is 103 Å². The molecular weight excluding hydrogens is 273 g/mol. The van der Waals surface area contributed by atoms with Crippen molar-refractivity contribution in [2.24, 2.45) is 0 Å². The number of benzene rings is 1. The highest BCUT2D eigenvalue weighted by atomic mass is 79.9. The third-order valence-electron chi connectivity index (χ3n) is 2.65. The second-order valence-corrected chi connectivity index (χ2v) is 5.35. The molecule has 2 rings (SSSR count). The molecule has 2 aromatic rings. The lowest BCUT2D eigenvalue weighted by Gasteiger charge is -2.04. The molecule has 0 aliphatic heterocycles. The van der Waals surface area contributed by atoms with Crippen LogP contribution in [0.5, 0.6) is 0 Å². The van der Waals surface area contributed by atoms with Crippen LogP contribution in [0.4, 0.5) is 0 Å². The lowest BCUT2D eigenvalue weighted by molar-refractivity contribution is 0.869. The molecule has 0 amide bonds. The minimum atomic E-state index is 0.479. The number of rotatable bonds is 1. The molecule has 0 bridgehead atoms. The van der Waals surface area contributed by atoms with Gasteiger partial charge in [-0.2, -0.15) is 0 Å². The fourth-order valence-electron chi connectivity index (χ4n) is 1.88. The van der Waals surface area contributed by atoms with Gasteiger partial charge in [-0.05, 0) is 52.0 Å². The zero-order valence-corrected chi connectivity index (χ0v) is 11.3. The lowest BCUT2D eigenvalue weighted by Crippen LogP contribution is -1.86. The summed E-state index contributed by atoms with van der Waals surface area (Å²) in [6.45, 7) is 6.38. The van der Waals surface area contributed by atoms with Crippen molar-refractivity contribution in [1.29, 1.82) is 0 Å². The Kier molecular flexibility index (Phi) is 2.82. The molecule has 15 heavy (non-hydrogen) atoms. The number of hydrogen-bond acceptors (Lipinski definition) is 0. The molecule has 1 aromatic heterocycles. The molecule has 0 fully saturated rings. The van der Waals surface area contributed by atoms with Crippen LogP contribution in [0.15, 0.2) is 16.7 Å². The molecule has 0 saturated heterocycles. The van der Waals surface area contributed by atoms with E-state index in [4.69, 9.17) is 11.6 Å². The van der Waals surface area contributed by atoms with Gasteiger partial charge in [0.1, 0.15) is 0 Å². The van der Waals surface area contributed by atoms with E-state index in [9.17, 15) is 0 Å². The van der Waals surface area contributed by atoms with Gasteiger partial charge in [0.15, 0.2) is 0 Å². The zero-order chi connectivity index (χ0) is 11.2. The topological polar surface area (TPSA) is 15.8 Å². The smallest absolute Gasteiger partial charge is 0.0866 e. The molecule has 0 saturated carbocycles. The number of aryl methyl sites for hydroxylation is 1. The summed E-state index contributed by atoms with van der Waals surface area (Å²) in [5, 5.41) is 2.04. The van der Waals surface area contributed by atoms with E-state index in [1.54, 1.807) is 0 Å². The van der Waals surface area contributed by atoms with Crippen LogP contribution in [-0.4, -0.2) is 4.98 Å². The zero-order valence-electron chi connectivity index (χ0n) is 8.99. The maximum Gasteiger partial charge on any atom is 0.0866 e. The third kappa shape index (κ3) is 1.81. The van der Waals surface area contributed by atoms with Crippen LogP contribution in [0.3, 0.4) is 0 Å². The van der Waals surface area contributed by atoms with Crippen molar-refractivity contribution in [3.63, 3.8) is 0 Å². The molecule has 3 heteroatoms. The van der Waals surface area contributed by atoms with Crippen LogP contribution < -0.4 is 0 Å². The van der Waals surface area contributed by atoms with Gasteiger partial charge in [-0.25, -0.2) is 0 Å². The maximum absolute atomic E-state index is 6.14. The van der Waals surface area contributed by atoms with Gasteiger partial charge in [-0.3, -0.25) is 0 Å². The normalized spacial score (nSPS) is 11.6. The molecule has 1 nitrogen and oxygen atoms in total. The summed E-state index contributed by atoms with van der Waals surface area (Å²) < 4.78 is 1.06. The fraction of sp³-hybridized carbons (Fsp3) is 0.333. The second-order valence-electron chi connectivity index (χ2n) is 4.15. The Morgan fingerprint density at radius 3 is 2.60 bits per heavy atom. The van der Waals surface area contributed by atoms with Crippen LogP contribution in [0.25, 0.3) is 10.9 Å². The van der Waals surface area contributed by atoms with Crippen molar-refractivity contribution in [3.8, 4) is 0 Å². The van der Waals surface area contributed by atoms with Gasteiger partial charge >= 0.3 is 0 Å². The van der Waals surface area contributed by atoms with E-state index in [0.717, 1.165) is 20.7 Å². The average molecular weight is 287 g/mol. The number of aromatic amines is 1. The first-order chi connectivity index (χ1) is 7.00. The number of nitrogens with one attached hydrogen (secondary N) is 1. The molecule has 0 aliphatic carbocycles. The van der Waals surface area contributed by atoms with E-state index in [-0.39, 0.29) is 0 Å². The van der Waals surface area contributed by atoms with Gasteiger partial charge in [0.25, 0.3) is 0 Å². The van der Waals surface area contributed by atoms with E-state index in [0.29, 0.717) is 5.92 Å². The SMILES string of the molecule is Cc1cc2[nH]c(Br)c(C(C)C)c2cc1Cl. The van der Waals surface area contributed by atoms with Gasteiger partial charge in [0, 0.05) is 15.9 Å². The molecule has 0 atom stereocenters. The monoisotopic (exact) mass is 285 g/mol. The van der Waals surface area contributed by atoms with Crippen LogP contribution in [0.1, 0.15) is 30.9 Å². The van der Waals surface area contributed by atoms with E-state index in [2.05, 4.69) is 40.8 Å². The quantitative estimate of drug-likeness (QED) is 0.758. The summed E-state index contributed by atoms with van der Waals surface area (Å²) >= 11 is 9.71. The van der Waals surface area contributed by atoms with E-state index < -0.39 is 0 Å². The van der Waals surface area contributed by atoms with Gasteiger partial charge < -0.3 is 4.98 Å². The average Bonchev–Trinajstić information content (AvgIpc) is 2.41. The summed E-state index contributed by atoms with van der Waals surface area (Å²) in [7, 11) is 0. The Bertz CT molecular complexity index is 514. The molecule has 0 spiro atoms. The van der Waals surface area contributed by atoms with Crippen molar-refractivity contribution >= 4 is 38.4 Å². The van der Waals surface area contributed by atoms with E-state index >= 15 is 0 Å². The number of aromatic nitrogens is 1. The minimum Gasteiger partial charge on any atom is -0.349 e. The maximum atomic E-state index is 6.14. The first kappa shape index (κ1) is 11.0. The van der Waals surface area contributed by atoms with Gasteiger partial charge in [0.05, 0.1) is 4.60 Å². The van der Waals surface area contributed by atoms with Gasteiger partial charge in [-0.1, -0.05) is 25.4 Å². The Balaban J connectivity index is 2.81. The first-order valence-corrected chi connectivity index (χ1v) is 6.15. The summed E-state index contributed by atoms with van der Waals surface area (Å²) in [5.74, 6) is 0.479. The molecule has 1 heterocycles. The largest absolute Gasteiger partial charge is 0.349 e. The van der Waals surface area contributed by atoms with Crippen molar-refractivity contribution in [1.82, 2.24) is 4.98 Å². The Morgan fingerprint density at radius 2 is 2.00 bits per heavy atom. The van der Waals surface area contributed by atoms with Crippen LogP contribution >= 0.6 is 27.5 Å². The summed E-state index contributed by atoms with van der Waals surface area (Å²) in [6, 6.07) is 4.14. The second kappa shape index (κ2) is 3.84. The molecule has 0 radical (unpaired) electrons. The van der Waals surface area contributed by atoms with Crippen LogP contribution in [0.2, 0.25) is 5.02 Å². The van der Waals surface area contributed by atoms with E-state index in [1.165, 1.54) is 10.9 Å². The predicted molar refractivity (Wildman–Crippen MR) is 69.8 cm³/mol. The molecule has 0 unspecified atom stereocenters. The predicted octanol–water partition coefficient (Wildman–Crippen LogP) is 5.02. The summed E-state index contributed by atoms with van der Waals surface area (Å²) in [6.07, 6.45) is 0. The fourth-order valence-corrected chi connectivity index (χ4v) is 2.92. The number of hydrogen-bond donors (Lipinski definition) is 1. The highest BCUT2D eigenvalue weighted by Gasteiger charge is 2.13. The minimum absolute atomic E-state index is 0.479. The lowest BCUT2D eigenvalue weighted by atomic mass is 10.0. The standard InChI is InChI=1S/C12H13BrClN/c1-6(2)11-8-5-9(14)7(3)4-10(8)15-12(11)13/h4-6,15H,1-3H3. The number of fused-ring (bicyclic) bond motifs is 1. The Hall–Kier alpha value is -0.470. The molecule has 1 aromatic carbocycles. The molecular formula is C12H13BrClN. The third-order valence-corrected chi connectivity index (χ3v) is 3.68. The van der Waals surface area contributed by atoms with Crippen molar-refractivity contribution in [3.05, 3.63) is 32.9 Å². The molecule has 80 valence electrons.